The standard InChI is InChI=1S/C19H23N3O4/c1-3-26-19(24)14-9-11-21(12-10-14)18(23)17-16(25-2)13-22(20-17)15-7-5-4-6-8-15/h4-8,13-14H,3,9-12H2,1-2H3. The van der Waals surface area contributed by atoms with Crippen molar-refractivity contribution in [1.29, 1.82) is 0 Å². The van der Waals surface area contributed by atoms with Gasteiger partial charge in [-0.15, -0.1) is 0 Å². The maximum Gasteiger partial charge on any atom is 0.309 e. The smallest absolute Gasteiger partial charge is 0.309 e. The second-order valence-corrected chi connectivity index (χ2v) is 6.14. The molecule has 3 rings (SSSR count). The molecule has 1 aromatic carbocycles. The summed E-state index contributed by atoms with van der Waals surface area (Å²) in [5.74, 6) is -0.0569. The summed E-state index contributed by atoms with van der Waals surface area (Å²) in [6.07, 6.45) is 2.91. The van der Waals surface area contributed by atoms with E-state index >= 15 is 0 Å². The van der Waals surface area contributed by atoms with Crippen LogP contribution in [0.5, 0.6) is 5.75 Å². The third-order valence-electron chi connectivity index (χ3n) is 4.53. The van der Waals surface area contributed by atoms with Gasteiger partial charge in [-0.05, 0) is 31.9 Å². The highest BCUT2D eigenvalue weighted by Crippen LogP contribution is 2.24. The van der Waals surface area contributed by atoms with Crippen molar-refractivity contribution in [3.05, 3.63) is 42.2 Å². The van der Waals surface area contributed by atoms with Crippen molar-refractivity contribution in [1.82, 2.24) is 14.7 Å². The Morgan fingerprint density at radius 3 is 2.50 bits per heavy atom. The highest BCUT2D eigenvalue weighted by atomic mass is 16.5. The van der Waals surface area contributed by atoms with Gasteiger partial charge in [-0.1, -0.05) is 18.2 Å². The van der Waals surface area contributed by atoms with E-state index < -0.39 is 0 Å². The fourth-order valence-electron chi connectivity index (χ4n) is 3.10. The zero-order valence-electron chi connectivity index (χ0n) is 15.1. The molecule has 0 aliphatic carbocycles. The summed E-state index contributed by atoms with van der Waals surface area (Å²) < 4.78 is 12.1. The van der Waals surface area contributed by atoms with E-state index in [1.165, 1.54) is 7.11 Å². The Labute approximate surface area is 152 Å². The molecular weight excluding hydrogens is 334 g/mol. The first-order valence-electron chi connectivity index (χ1n) is 8.79. The molecule has 0 spiro atoms. The Bertz CT molecular complexity index is 764. The summed E-state index contributed by atoms with van der Waals surface area (Å²) in [5, 5.41) is 4.42. The topological polar surface area (TPSA) is 73.7 Å². The number of piperidine rings is 1. The van der Waals surface area contributed by atoms with E-state index in [2.05, 4.69) is 5.10 Å². The number of methoxy groups -OCH3 is 1. The summed E-state index contributed by atoms with van der Waals surface area (Å²) >= 11 is 0. The van der Waals surface area contributed by atoms with Gasteiger partial charge in [0, 0.05) is 13.1 Å². The first-order chi connectivity index (χ1) is 12.6. The number of nitrogens with zero attached hydrogens (tertiary/aromatic N) is 3. The molecule has 0 saturated carbocycles. The molecule has 0 unspecified atom stereocenters. The zero-order valence-corrected chi connectivity index (χ0v) is 15.1. The number of esters is 1. The van der Waals surface area contributed by atoms with Gasteiger partial charge in [-0.2, -0.15) is 5.10 Å². The van der Waals surface area contributed by atoms with Crippen molar-refractivity contribution in [2.24, 2.45) is 5.92 Å². The average Bonchev–Trinajstić information content (AvgIpc) is 3.13. The van der Waals surface area contributed by atoms with Crippen molar-refractivity contribution >= 4 is 11.9 Å². The molecular formula is C19H23N3O4. The minimum Gasteiger partial charge on any atom is -0.493 e. The average molecular weight is 357 g/mol. The summed E-state index contributed by atoms with van der Waals surface area (Å²) in [4.78, 5) is 26.4. The Kier molecular flexibility index (Phi) is 5.55. The molecule has 0 bridgehead atoms. The maximum atomic E-state index is 12.9. The van der Waals surface area contributed by atoms with Gasteiger partial charge in [0.25, 0.3) is 5.91 Å². The fraction of sp³-hybridized carbons (Fsp3) is 0.421. The lowest BCUT2D eigenvalue weighted by Gasteiger charge is -2.30. The maximum absolute atomic E-state index is 12.9. The minimum atomic E-state index is -0.182. The predicted molar refractivity (Wildman–Crippen MR) is 95.4 cm³/mol. The number of para-hydroxylation sites is 1. The molecule has 0 atom stereocenters. The number of benzene rings is 1. The minimum absolute atomic E-state index is 0.136. The molecule has 0 N–H and O–H groups in total. The van der Waals surface area contributed by atoms with Crippen LogP contribution in [0.4, 0.5) is 0 Å². The Balaban J connectivity index is 1.72. The Morgan fingerprint density at radius 2 is 1.88 bits per heavy atom. The molecule has 1 fully saturated rings. The van der Waals surface area contributed by atoms with Gasteiger partial charge in [0.15, 0.2) is 11.4 Å². The van der Waals surface area contributed by atoms with Crippen molar-refractivity contribution in [2.75, 3.05) is 26.8 Å². The van der Waals surface area contributed by atoms with E-state index in [0.717, 1.165) is 5.69 Å². The summed E-state index contributed by atoms with van der Waals surface area (Å²) in [6.45, 7) is 3.19. The molecule has 26 heavy (non-hydrogen) atoms. The van der Waals surface area contributed by atoms with Crippen LogP contribution in [0.3, 0.4) is 0 Å². The largest absolute Gasteiger partial charge is 0.493 e. The number of ether oxygens (including phenoxy) is 2. The molecule has 1 amide bonds. The monoisotopic (exact) mass is 357 g/mol. The van der Waals surface area contributed by atoms with E-state index in [-0.39, 0.29) is 23.5 Å². The van der Waals surface area contributed by atoms with E-state index in [1.54, 1.807) is 22.7 Å². The normalized spacial score (nSPS) is 14.9. The molecule has 1 saturated heterocycles. The van der Waals surface area contributed by atoms with Gasteiger partial charge in [-0.25, -0.2) is 4.68 Å². The number of carbonyl (C=O) groups excluding carboxylic acids is 2. The van der Waals surface area contributed by atoms with E-state index in [1.807, 2.05) is 30.3 Å². The highest BCUT2D eigenvalue weighted by molar-refractivity contribution is 5.95. The van der Waals surface area contributed by atoms with Crippen molar-refractivity contribution in [2.45, 2.75) is 19.8 Å². The summed E-state index contributed by atoms with van der Waals surface area (Å²) in [7, 11) is 1.52. The van der Waals surface area contributed by atoms with Crippen LogP contribution in [-0.4, -0.2) is 53.4 Å². The number of hydrogen-bond donors (Lipinski definition) is 0. The van der Waals surface area contributed by atoms with Crippen molar-refractivity contribution in [3.63, 3.8) is 0 Å². The Hall–Kier alpha value is -2.83. The number of amides is 1. The number of likely N-dealkylation sites (tertiary alicyclic amines) is 1. The molecule has 1 aliphatic heterocycles. The van der Waals surface area contributed by atoms with Gasteiger partial charge >= 0.3 is 5.97 Å². The van der Waals surface area contributed by atoms with Crippen molar-refractivity contribution < 1.29 is 19.1 Å². The zero-order chi connectivity index (χ0) is 18.5. The summed E-state index contributed by atoms with van der Waals surface area (Å²) in [6, 6.07) is 9.55. The lowest BCUT2D eigenvalue weighted by atomic mass is 9.97. The van der Waals surface area contributed by atoms with Crippen LogP contribution in [-0.2, 0) is 9.53 Å². The van der Waals surface area contributed by atoms with Crippen LogP contribution in [0.25, 0.3) is 5.69 Å². The molecule has 138 valence electrons. The first kappa shape index (κ1) is 18.0. The Morgan fingerprint density at radius 1 is 1.19 bits per heavy atom. The molecule has 7 heteroatoms. The van der Waals surface area contributed by atoms with Crippen LogP contribution in [0, 0.1) is 5.92 Å². The second kappa shape index (κ2) is 8.03. The van der Waals surface area contributed by atoms with Gasteiger partial charge in [-0.3, -0.25) is 9.59 Å². The molecule has 7 nitrogen and oxygen atoms in total. The number of rotatable bonds is 5. The third-order valence-corrected chi connectivity index (χ3v) is 4.53. The lowest BCUT2D eigenvalue weighted by Crippen LogP contribution is -2.41. The van der Waals surface area contributed by atoms with Gasteiger partial charge in [0.05, 0.1) is 31.5 Å². The molecule has 2 heterocycles. The second-order valence-electron chi connectivity index (χ2n) is 6.14. The van der Waals surface area contributed by atoms with E-state index in [0.29, 0.717) is 38.3 Å². The third kappa shape index (κ3) is 3.71. The molecule has 2 aromatic rings. The molecule has 1 aliphatic rings. The first-order valence-corrected chi connectivity index (χ1v) is 8.79. The van der Waals surface area contributed by atoms with Crippen LogP contribution in [0.15, 0.2) is 36.5 Å². The van der Waals surface area contributed by atoms with Crippen LogP contribution >= 0.6 is 0 Å². The number of hydrogen-bond acceptors (Lipinski definition) is 5. The molecule has 0 radical (unpaired) electrons. The lowest BCUT2D eigenvalue weighted by molar-refractivity contribution is -0.149. The number of aromatic nitrogens is 2. The quantitative estimate of drug-likeness (QED) is 0.768. The van der Waals surface area contributed by atoms with Gasteiger partial charge < -0.3 is 14.4 Å². The van der Waals surface area contributed by atoms with Gasteiger partial charge in [0.2, 0.25) is 0 Å². The van der Waals surface area contributed by atoms with Crippen LogP contribution < -0.4 is 4.74 Å². The van der Waals surface area contributed by atoms with E-state index in [4.69, 9.17) is 9.47 Å². The fourth-order valence-corrected chi connectivity index (χ4v) is 3.10. The SMILES string of the molecule is CCOC(=O)C1CCN(C(=O)c2nn(-c3ccccc3)cc2OC)CC1. The van der Waals surface area contributed by atoms with E-state index in [9.17, 15) is 9.59 Å². The van der Waals surface area contributed by atoms with Gasteiger partial charge in [0.1, 0.15) is 0 Å². The predicted octanol–water partition coefficient (Wildman–Crippen LogP) is 2.30. The number of carbonyl (C=O) groups is 2. The van der Waals surface area contributed by atoms with Crippen LogP contribution in [0.1, 0.15) is 30.3 Å². The molecule has 1 aromatic heterocycles. The van der Waals surface area contributed by atoms with Crippen molar-refractivity contribution in [3.8, 4) is 11.4 Å². The highest BCUT2D eigenvalue weighted by Gasteiger charge is 2.31. The summed E-state index contributed by atoms with van der Waals surface area (Å²) in [5.41, 5.74) is 1.14. The van der Waals surface area contributed by atoms with Crippen LogP contribution in [0.2, 0.25) is 0 Å².